The van der Waals surface area contributed by atoms with Crippen molar-refractivity contribution in [3.8, 4) is 0 Å². The molecule has 6 aromatic rings. The van der Waals surface area contributed by atoms with Crippen LogP contribution in [0.2, 0.25) is 0 Å². The van der Waals surface area contributed by atoms with E-state index < -0.39 is 0 Å². The molecule has 0 radical (unpaired) electrons. The lowest BCUT2D eigenvalue weighted by atomic mass is 9.85. The van der Waals surface area contributed by atoms with E-state index in [-0.39, 0.29) is 16.3 Å². The van der Waals surface area contributed by atoms with Gasteiger partial charge in [-0.2, -0.15) is 0 Å². The normalized spacial score (nSPS) is 12.9. The maximum absolute atomic E-state index is 13.2. The Labute approximate surface area is 166 Å². The molecule has 0 aliphatic carbocycles. The summed E-state index contributed by atoms with van der Waals surface area (Å²) in [7, 11) is 0. The van der Waals surface area contributed by atoms with Crippen LogP contribution in [0.4, 0.5) is 0 Å². The zero-order chi connectivity index (χ0) is 20.1. The first kappa shape index (κ1) is 16.5. The molecule has 3 heteroatoms. The monoisotopic (exact) mass is 377 g/mol. The largest absolute Gasteiger partial charge is 0.307 e. The molecule has 0 unspecified atom stereocenters. The predicted octanol–water partition coefficient (Wildman–Crippen LogP) is 5.45. The van der Waals surface area contributed by atoms with Crippen LogP contribution in [-0.4, -0.2) is 4.40 Å². The van der Waals surface area contributed by atoms with Gasteiger partial charge in [0.15, 0.2) is 10.9 Å². The lowest BCUT2D eigenvalue weighted by Gasteiger charge is -2.22. The fourth-order valence-electron chi connectivity index (χ4n) is 4.75. The van der Waals surface area contributed by atoms with Crippen molar-refractivity contribution in [1.29, 1.82) is 0 Å². The first-order valence-corrected chi connectivity index (χ1v) is 9.88. The summed E-state index contributed by atoms with van der Waals surface area (Å²) >= 11 is 0. The van der Waals surface area contributed by atoms with Gasteiger partial charge in [0.2, 0.25) is 0 Å². The van der Waals surface area contributed by atoms with Crippen LogP contribution in [0, 0.1) is 0 Å². The first-order valence-electron chi connectivity index (χ1n) is 9.88. The molecule has 0 amide bonds. The number of hydrogen-bond acceptors (Lipinski definition) is 2. The van der Waals surface area contributed by atoms with Crippen LogP contribution in [0.25, 0.3) is 48.9 Å². The van der Waals surface area contributed by atoms with Gasteiger partial charge >= 0.3 is 0 Å². The van der Waals surface area contributed by atoms with Gasteiger partial charge in [0.25, 0.3) is 0 Å². The quantitative estimate of drug-likeness (QED) is 0.261. The number of pyridine rings is 3. The second kappa shape index (κ2) is 5.12. The maximum atomic E-state index is 13.2. The van der Waals surface area contributed by atoms with E-state index in [1.54, 1.807) is 12.1 Å². The summed E-state index contributed by atoms with van der Waals surface area (Å²) in [6.07, 6.45) is 0. The van der Waals surface area contributed by atoms with Crippen LogP contribution < -0.4 is 10.9 Å². The molecule has 0 atom stereocenters. The van der Waals surface area contributed by atoms with Crippen molar-refractivity contribution in [2.24, 2.45) is 0 Å². The molecule has 0 aliphatic heterocycles. The van der Waals surface area contributed by atoms with Crippen LogP contribution in [0.15, 0.2) is 70.3 Å². The number of benzene rings is 3. The van der Waals surface area contributed by atoms with Crippen LogP contribution in [-0.2, 0) is 5.41 Å². The summed E-state index contributed by atoms with van der Waals surface area (Å²) in [5.41, 5.74) is 3.22. The number of aromatic nitrogens is 1. The van der Waals surface area contributed by atoms with Crippen molar-refractivity contribution >= 4 is 48.9 Å². The highest BCUT2D eigenvalue weighted by molar-refractivity contribution is 6.22. The Kier molecular flexibility index (Phi) is 2.91. The molecule has 3 aromatic heterocycles. The Balaban J connectivity index is 2.03. The highest BCUT2D eigenvalue weighted by atomic mass is 16.1. The Morgan fingerprint density at radius 1 is 0.690 bits per heavy atom. The summed E-state index contributed by atoms with van der Waals surface area (Å²) in [6.45, 7) is 6.30. The first-order chi connectivity index (χ1) is 13.8. The van der Waals surface area contributed by atoms with Gasteiger partial charge in [-0.15, -0.1) is 0 Å². The van der Waals surface area contributed by atoms with Gasteiger partial charge < -0.3 is 4.40 Å². The van der Waals surface area contributed by atoms with Crippen molar-refractivity contribution < 1.29 is 0 Å². The van der Waals surface area contributed by atoms with Crippen molar-refractivity contribution in [3.05, 3.63) is 86.7 Å². The van der Waals surface area contributed by atoms with E-state index in [1.807, 2.05) is 24.3 Å². The Bertz CT molecular complexity index is 1610. The molecule has 0 aliphatic rings. The molecule has 0 bridgehead atoms. The third-order valence-electron chi connectivity index (χ3n) is 6.20. The van der Waals surface area contributed by atoms with Gasteiger partial charge in [-0.05, 0) is 28.5 Å². The average Bonchev–Trinajstić information content (AvgIpc) is 2.69. The molecular formula is C26H19NO2. The zero-order valence-electron chi connectivity index (χ0n) is 16.5. The van der Waals surface area contributed by atoms with Gasteiger partial charge in [0.1, 0.15) is 0 Å². The Morgan fingerprint density at radius 2 is 1.21 bits per heavy atom. The number of nitrogens with zero attached hydrogens (tertiary/aromatic N) is 1. The zero-order valence-corrected chi connectivity index (χ0v) is 16.5. The molecule has 140 valence electrons. The molecule has 0 spiro atoms. The standard InChI is InChI=1S/C26H19NO2/c1-26(2,3)15-10-18-22(28)12-20-16-8-4-6-14-7-5-9-17(24(14)16)21-13-23(29)19(11-15)25(18)27(20)21/h4-13H,1-3H3. The van der Waals surface area contributed by atoms with E-state index in [0.717, 1.165) is 43.7 Å². The van der Waals surface area contributed by atoms with Gasteiger partial charge in [-0.1, -0.05) is 57.2 Å². The average molecular weight is 377 g/mol. The molecule has 0 saturated heterocycles. The van der Waals surface area contributed by atoms with Crippen LogP contribution in [0.3, 0.4) is 0 Å². The lowest BCUT2D eigenvalue weighted by Crippen LogP contribution is -2.17. The van der Waals surface area contributed by atoms with Crippen LogP contribution in [0.1, 0.15) is 26.3 Å². The smallest absolute Gasteiger partial charge is 0.190 e. The molecule has 6 rings (SSSR count). The molecular weight excluding hydrogens is 358 g/mol. The summed E-state index contributed by atoms with van der Waals surface area (Å²) in [5, 5.41) is 5.51. The summed E-state index contributed by atoms with van der Waals surface area (Å²) in [6, 6.07) is 19.7. The number of rotatable bonds is 0. The molecule has 3 heterocycles. The molecule has 3 nitrogen and oxygen atoms in total. The van der Waals surface area contributed by atoms with Crippen LogP contribution >= 0.6 is 0 Å². The van der Waals surface area contributed by atoms with Gasteiger partial charge in [0, 0.05) is 39.1 Å². The maximum Gasteiger partial charge on any atom is 0.190 e. The second-order valence-electron chi connectivity index (χ2n) is 9.00. The highest BCUT2D eigenvalue weighted by Crippen LogP contribution is 2.36. The third-order valence-corrected chi connectivity index (χ3v) is 6.20. The van der Waals surface area contributed by atoms with E-state index in [1.165, 1.54) is 0 Å². The number of fused-ring (bicyclic) bond motifs is 2. The third kappa shape index (κ3) is 2.02. The second-order valence-corrected chi connectivity index (χ2v) is 9.00. The van der Waals surface area contributed by atoms with Crippen molar-refractivity contribution in [2.45, 2.75) is 26.2 Å². The number of hydrogen-bond donors (Lipinski definition) is 0. The SMILES string of the molecule is CC(C)(C)c1cc2c(=O)cc3c4cccc5cccc(c54)c4cc(=O)c(c1)c2n34. The van der Waals surface area contributed by atoms with Crippen molar-refractivity contribution in [3.63, 3.8) is 0 Å². The van der Waals surface area contributed by atoms with Gasteiger partial charge in [-0.3, -0.25) is 9.59 Å². The molecule has 29 heavy (non-hydrogen) atoms. The summed E-state index contributed by atoms with van der Waals surface area (Å²) in [4.78, 5) is 26.4. The van der Waals surface area contributed by atoms with Crippen molar-refractivity contribution in [1.82, 2.24) is 4.40 Å². The predicted molar refractivity (Wildman–Crippen MR) is 121 cm³/mol. The minimum Gasteiger partial charge on any atom is -0.307 e. The Morgan fingerprint density at radius 3 is 1.69 bits per heavy atom. The fraction of sp³-hybridized carbons (Fsp3) is 0.154. The molecule has 0 fully saturated rings. The van der Waals surface area contributed by atoms with E-state index in [9.17, 15) is 9.59 Å². The highest BCUT2D eigenvalue weighted by Gasteiger charge is 2.21. The topological polar surface area (TPSA) is 38.5 Å². The van der Waals surface area contributed by atoms with E-state index in [4.69, 9.17) is 0 Å². The van der Waals surface area contributed by atoms with E-state index in [2.05, 4.69) is 49.4 Å². The summed E-state index contributed by atoms with van der Waals surface area (Å²) in [5.74, 6) is 0. The minimum atomic E-state index is -0.153. The minimum absolute atomic E-state index is 0.0379. The summed E-state index contributed by atoms with van der Waals surface area (Å²) < 4.78 is 2.11. The van der Waals surface area contributed by atoms with Crippen LogP contribution in [0.5, 0.6) is 0 Å². The fourth-order valence-corrected chi connectivity index (χ4v) is 4.75. The lowest BCUT2D eigenvalue weighted by molar-refractivity contribution is 0.591. The van der Waals surface area contributed by atoms with Gasteiger partial charge in [0.05, 0.1) is 16.6 Å². The molecule has 0 N–H and O–H groups in total. The molecule has 3 aromatic carbocycles. The Hall–Kier alpha value is -3.46. The van der Waals surface area contributed by atoms with Crippen molar-refractivity contribution in [2.75, 3.05) is 0 Å². The molecule has 0 saturated carbocycles. The van der Waals surface area contributed by atoms with Gasteiger partial charge in [-0.25, -0.2) is 0 Å². The van der Waals surface area contributed by atoms with E-state index >= 15 is 0 Å². The van der Waals surface area contributed by atoms with E-state index in [0.29, 0.717) is 10.8 Å².